The van der Waals surface area contributed by atoms with Gasteiger partial charge in [-0.2, -0.15) is 5.10 Å². The molecule has 2 saturated heterocycles. The Morgan fingerprint density at radius 1 is 1.03 bits per heavy atom. The van der Waals surface area contributed by atoms with Gasteiger partial charge in [0.05, 0.1) is 16.9 Å². The number of likely N-dealkylation sites (tertiary alicyclic amines) is 1. The summed E-state index contributed by atoms with van der Waals surface area (Å²) in [6.07, 6.45) is 7.16. The summed E-state index contributed by atoms with van der Waals surface area (Å²) >= 11 is 0. The molecule has 5 heterocycles. The number of hydrogen-bond donors (Lipinski definition) is 2. The van der Waals surface area contributed by atoms with Crippen molar-refractivity contribution in [3.8, 4) is 22.9 Å². The van der Waals surface area contributed by atoms with Crippen LogP contribution in [0.4, 0.5) is 0 Å². The first kappa shape index (κ1) is 20.8. The minimum Gasteiger partial charge on any atom is -0.439 e. The maximum Gasteiger partial charge on any atom is 0.220 e. The van der Waals surface area contributed by atoms with Gasteiger partial charge in [-0.3, -0.25) is 19.8 Å². The number of piperidine rings is 1. The molecule has 6 rings (SSSR count). The van der Waals surface area contributed by atoms with Crippen LogP contribution in [0, 0.1) is 0 Å². The van der Waals surface area contributed by atoms with Gasteiger partial charge in [0.2, 0.25) is 11.8 Å². The summed E-state index contributed by atoms with van der Waals surface area (Å²) in [6.45, 7) is 2.79. The predicted octanol–water partition coefficient (Wildman–Crippen LogP) is 4.06. The van der Waals surface area contributed by atoms with Crippen LogP contribution in [0.2, 0.25) is 0 Å². The number of H-pyrrole nitrogens is 1. The highest BCUT2D eigenvalue weighted by Crippen LogP contribution is 2.32. The molecule has 2 fully saturated rings. The summed E-state index contributed by atoms with van der Waals surface area (Å²) in [6, 6.07) is 15.8. The molecule has 172 valence electrons. The van der Waals surface area contributed by atoms with Crippen molar-refractivity contribution in [3.05, 3.63) is 66.6 Å². The standard InChI is InChI=1S/C26H26N6O2/c33-24-7-9-26(30-24)10-13-32(14-11-26)17-20-3-1-18-15-21(4-5-22(18)29-20)34-25-6-2-19(16-27-25)23-8-12-28-31-23/h1-6,8,12,15-16H,7,9-11,13-14,17H2,(H,28,31)(H,30,33). The molecule has 4 aromatic rings. The van der Waals surface area contributed by atoms with Crippen LogP contribution in [0.1, 0.15) is 31.4 Å². The van der Waals surface area contributed by atoms with E-state index in [1.165, 1.54) is 0 Å². The first-order valence-corrected chi connectivity index (χ1v) is 11.7. The number of fused-ring (bicyclic) bond motifs is 1. The number of ether oxygens (including phenoxy) is 1. The molecule has 8 heteroatoms. The second-order valence-corrected chi connectivity index (χ2v) is 9.22. The Kier molecular flexibility index (Phi) is 5.22. The number of aromatic nitrogens is 4. The van der Waals surface area contributed by atoms with Crippen LogP contribution in [-0.4, -0.2) is 49.6 Å². The third-order valence-electron chi connectivity index (χ3n) is 6.92. The van der Waals surface area contributed by atoms with Gasteiger partial charge in [0, 0.05) is 61.0 Å². The van der Waals surface area contributed by atoms with Crippen molar-refractivity contribution < 1.29 is 9.53 Å². The molecule has 2 N–H and O–H groups in total. The fourth-order valence-corrected chi connectivity index (χ4v) is 4.95. The van der Waals surface area contributed by atoms with Crippen molar-refractivity contribution in [2.75, 3.05) is 13.1 Å². The van der Waals surface area contributed by atoms with Gasteiger partial charge in [-0.25, -0.2) is 4.98 Å². The summed E-state index contributed by atoms with van der Waals surface area (Å²) in [5, 5.41) is 11.1. The fourth-order valence-electron chi connectivity index (χ4n) is 4.95. The highest BCUT2D eigenvalue weighted by atomic mass is 16.5. The number of rotatable bonds is 5. The van der Waals surface area contributed by atoms with Crippen molar-refractivity contribution >= 4 is 16.8 Å². The number of benzene rings is 1. The largest absolute Gasteiger partial charge is 0.439 e. The molecule has 1 spiro atoms. The zero-order chi connectivity index (χ0) is 23.0. The number of carbonyl (C=O) groups excluding carboxylic acids is 1. The van der Waals surface area contributed by atoms with Gasteiger partial charge in [-0.05, 0) is 55.7 Å². The normalized spacial score (nSPS) is 17.8. The van der Waals surface area contributed by atoms with Crippen LogP contribution >= 0.6 is 0 Å². The number of nitrogens with zero attached hydrogens (tertiary/aromatic N) is 4. The summed E-state index contributed by atoms with van der Waals surface area (Å²) in [7, 11) is 0. The highest BCUT2D eigenvalue weighted by Gasteiger charge is 2.40. The lowest BCUT2D eigenvalue weighted by Crippen LogP contribution is -2.50. The molecule has 1 amide bonds. The van der Waals surface area contributed by atoms with Crippen molar-refractivity contribution in [1.29, 1.82) is 0 Å². The number of carbonyl (C=O) groups is 1. The van der Waals surface area contributed by atoms with Gasteiger partial charge in [0.25, 0.3) is 0 Å². The van der Waals surface area contributed by atoms with Gasteiger partial charge in [0.15, 0.2) is 0 Å². The van der Waals surface area contributed by atoms with Gasteiger partial charge >= 0.3 is 0 Å². The van der Waals surface area contributed by atoms with E-state index in [1.54, 1.807) is 12.4 Å². The SMILES string of the molecule is O=C1CCC2(CCN(Cc3ccc4cc(Oc5ccc(-c6ccn[nH]6)cn5)ccc4n3)CC2)N1. The number of aromatic amines is 1. The molecule has 0 saturated carbocycles. The minimum atomic E-state index is 0.0368. The third kappa shape index (κ3) is 4.24. The topological polar surface area (TPSA) is 96.0 Å². The molecule has 1 aromatic carbocycles. The first-order chi connectivity index (χ1) is 16.6. The van der Waals surface area contributed by atoms with Crippen LogP contribution in [0.3, 0.4) is 0 Å². The third-order valence-corrected chi connectivity index (χ3v) is 6.92. The Labute approximate surface area is 197 Å². The number of pyridine rings is 2. The van der Waals surface area contributed by atoms with E-state index < -0.39 is 0 Å². The number of hydrogen-bond acceptors (Lipinski definition) is 6. The van der Waals surface area contributed by atoms with E-state index in [2.05, 4.69) is 37.5 Å². The lowest BCUT2D eigenvalue weighted by Gasteiger charge is -2.39. The van der Waals surface area contributed by atoms with Crippen LogP contribution in [0.25, 0.3) is 22.2 Å². The lowest BCUT2D eigenvalue weighted by molar-refractivity contribution is -0.120. The summed E-state index contributed by atoms with van der Waals surface area (Å²) < 4.78 is 5.96. The monoisotopic (exact) mass is 454 g/mol. The summed E-state index contributed by atoms with van der Waals surface area (Å²) in [4.78, 5) is 23.3. The summed E-state index contributed by atoms with van der Waals surface area (Å²) in [5.41, 5.74) is 3.92. The first-order valence-electron chi connectivity index (χ1n) is 11.7. The van der Waals surface area contributed by atoms with Crippen molar-refractivity contribution in [2.45, 2.75) is 37.8 Å². The fraction of sp³-hybridized carbons (Fsp3) is 0.308. The molecular formula is C26H26N6O2. The second-order valence-electron chi connectivity index (χ2n) is 9.22. The molecule has 3 aromatic heterocycles. The minimum absolute atomic E-state index is 0.0368. The molecule has 2 aliphatic rings. The Morgan fingerprint density at radius 3 is 2.68 bits per heavy atom. The molecule has 34 heavy (non-hydrogen) atoms. The Balaban J connectivity index is 1.10. The zero-order valence-corrected chi connectivity index (χ0v) is 18.8. The van der Waals surface area contributed by atoms with Crippen LogP contribution in [-0.2, 0) is 11.3 Å². The van der Waals surface area contributed by atoms with Gasteiger partial charge < -0.3 is 10.1 Å². The average Bonchev–Trinajstić information content (AvgIpc) is 3.52. The van der Waals surface area contributed by atoms with Gasteiger partial charge in [-0.15, -0.1) is 0 Å². The Hall–Kier alpha value is -3.78. The molecule has 0 radical (unpaired) electrons. The maximum absolute atomic E-state index is 11.6. The van der Waals surface area contributed by atoms with Crippen molar-refractivity contribution in [3.63, 3.8) is 0 Å². The maximum atomic E-state index is 11.6. The molecule has 0 aliphatic carbocycles. The van der Waals surface area contributed by atoms with Crippen molar-refractivity contribution in [2.24, 2.45) is 0 Å². The zero-order valence-electron chi connectivity index (χ0n) is 18.8. The van der Waals surface area contributed by atoms with Crippen LogP contribution < -0.4 is 10.1 Å². The molecule has 8 nitrogen and oxygen atoms in total. The summed E-state index contributed by atoms with van der Waals surface area (Å²) in [5.74, 6) is 1.47. The number of nitrogens with one attached hydrogen (secondary N) is 2. The van der Waals surface area contributed by atoms with Gasteiger partial charge in [0.1, 0.15) is 5.75 Å². The second kappa shape index (κ2) is 8.53. The molecule has 2 aliphatic heterocycles. The van der Waals surface area contributed by atoms with Crippen LogP contribution in [0.5, 0.6) is 11.6 Å². The molecular weight excluding hydrogens is 428 g/mol. The van der Waals surface area contributed by atoms with E-state index in [0.717, 1.165) is 72.5 Å². The van der Waals surface area contributed by atoms with E-state index in [9.17, 15) is 4.79 Å². The van der Waals surface area contributed by atoms with Crippen molar-refractivity contribution in [1.82, 2.24) is 30.4 Å². The van der Waals surface area contributed by atoms with E-state index in [0.29, 0.717) is 12.3 Å². The van der Waals surface area contributed by atoms with E-state index in [-0.39, 0.29) is 11.4 Å². The molecule has 0 atom stereocenters. The molecule has 0 bridgehead atoms. The molecule has 0 unspecified atom stereocenters. The van der Waals surface area contributed by atoms with E-state index in [4.69, 9.17) is 9.72 Å². The average molecular weight is 455 g/mol. The van der Waals surface area contributed by atoms with Gasteiger partial charge in [-0.1, -0.05) is 6.07 Å². The van der Waals surface area contributed by atoms with E-state index in [1.807, 2.05) is 36.4 Å². The quantitative estimate of drug-likeness (QED) is 0.472. The number of amides is 1. The highest BCUT2D eigenvalue weighted by molar-refractivity contribution is 5.80. The predicted molar refractivity (Wildman–Crippen MR) is 128 cm³/mol. The van der Waals surface area contributed by atoms with E-state index >= 15 is 0 Å². The Morgan fingerprint density at radius 2 is 1.94 bits per heavy atom. The smallest absolute Gasteiger partial charge is 0.220 e. The Bertz CT molecular complexity index is 1310. The van der Waals surface area contributed by atoms with Crippen LogP contribution in [0.15, 0.2) is 60.9 Å². The lowest BCUT2D eigenvalue weighted by atomic mass is 9.86.